The van der Waals surface area contributed by atoms with E-state index in [0.717, 1.165) is 24.5 Å². The molecule has 1 aromatic heterocycles. The van der Waals surface area contributed by atoms with Crippen molar-refractivity contribution in [1.29, 1.82) is 0 Å². The Hall–Kier alpha value is -1.82. The summed E-state index contributed by atoms with van der Waals surface area (Å²) in [6, 6.07) is 4.10. The van der Waals surface area contributed by atoms with E-state index in [4.69, 9.17) is 10.5 Å². The van der Waals surface area contributed by atoms with Crippen molar-refractivity contribution in [2.24, 2.45) is 10.7 Å². The molecule has 0 bridgehead atoms. The van der Waals surface area contributed by atoms with Crippen LogP contribution in [0.2, 0.25) is 0 Å². The maximum absolute atomic E-state index is 5.88. The summed E-state index contributed by atoms with van der Waals surface area (Å²) in [6.07, 6.45) is 2.33. The summed E-state index contributed by atoms with van der Waals surface area (Å²) in [6.45, 7) is 12.6. The molecule has 0 saturated carbocycles. The third-order valence-electron chi connectivity index (χ3n) is 3.49. The molecule has 1 aliphatic rings. The van der Waals surface area contributed by atoms with E-state index in [9.17, 15) is 0 Å². The van der Waals surface area contributed by atoms with Crippen LogP contribution in [0.3, 0.4) is 0 Å². The molecular weight excluding hydrogens is 290 g/mol. The van der Waals surface area contributed by atoms with Crippen LogP contribution in [0, 0.1) is 0 Å². The molecule has 1 aliphatic heterocycles. The second-order valence-electron chi connectivity index (χ2n) is 7.26. The highest BCUT2D eigenvalue weighted by Gasteiger charge is 2.22. The van der Waals surface area contributed by atoms with Gasteiger partial charge in [-0.1, -0.05) is 6.07 Å². The SMILES string of the molecule is CC1CN(c2ccc(CN=C(N)NC(C)(C)C)cn2)CC(C)O1. The van der Waals surface area contributed by atoms with E-state index in [1.54, 1.807) is 0 Å². The van der Waals surface area contributed by atoms with E-state index in [1.807, 2.05) is 12.3 Å². The van der Waals surface area contributed by atoms with Gasteiger partial charge in [-0.05, 0) is 46.2 Å². The first-order valence-electron chi connectivity index (χ1n) is 8.16. The summed E-state index contributed by atoms with van der Waals surface area (Å²) in [4.78, 5) is 11.2. The molecule has 2 atom stereocenters. The second kappa shape index (κ2) is 7.17. The van der Waals surface area contributed by atoms with Gasteiger partial charge in [-0.15, -0.1) is 0 Å². The second-order valence-corrected chi connectivity index (χ2v) is 7.26. The minimum atomic E-state index is -0.0839. The molecule has 0 aliphatic carbocycles. The first-order chi connectivity index (χ1) is 10.7. The molecule has 0 aromatic carbocycles. The monoisotopic (exact) mass is 319 g/mol. The number of ether oxygens (including phenoxy) is 1. The van der Waals surface area contributed by atoms with E-state index in [1.165, 1.54) is 0 Å². The van der Waals surface area contributed by atoms with Gasteiger partial charge >= 0.3 is 0 Å². The zero-order chi connectivity index (χ0) is 17.0. The number of nitrogens with one attached hydrogen (secondary N) is 1. The number of morpholine rings is 1. The van der Waals surface area contributed by atoms with Crippen LogP contribution in [0.25, 0.3) is 0 Å². The van der Waals surface area contributed by atoms with Crippen LogP contribution in [0.1, 0.15) is 40.2 Å². The standard InChI is InChI=1S/C17H29N5O/c1-12-10-22(11-13(2)23-12)15-7-6-14(8-19-15)9-20-16(18)21-17(3,4)5/h6-8,12-13H,9-11H2,1-5H3,(H3,18,20,21). The van der Waals surface area contributed by atoms with Gasteiger partial charge in [-0.2, -0.15) is 0 Å². The highest BCUT2D eigenvalue weighted by molar-refractivity contribution is 5.78. The van der Waals surface area contributed by atoms with Gasteiger partial charge in [-0.25, -0.2) is 9.98 Å². The van der Waals surface area contributed by atoms with Crippen LogP contribution >= 0.6 is 0 Å². The number of nitrogens with two attached hydrogens (primary N) is 1. The fraction of sp³-hybridized carbons (Fsp3) is 0.647. The minimum absolute atomic E-state index is 0.0839. The number of hydrogen-bond acceptors (Lipinski definition) is 4. The van der Waals surface area contributed by atoms with Crippen molar-refractivity contribution in [3.8, 4) is 0 Å². The molecule has 1 fully saturated rings. The molecule has 23 heavy (non-hydrogen) atoms. The molecular formula is C17H29N5O. The fourth-order valence-electron chi connectivity index (χ4n) is 2.66. The molecule has 1 saturated heterocycles. The summed E-state index contributed by atoms with van der Waals surface area (Å²) in [7, 11) is 0. The van der Waals surface area contributed by atoms with E-state index < -0.39 is 0 Å². The topological polar surface area (TPSA) is 75.8 Å². The lowest BCUT2D eigenvalue weighted by molar-refractivity contribution is -0.00545. The Morgan fingerprint density at radius 1 is 1.35 bits per heavy atom. The Morgan fingerprint density at radius 3 is 2.52 bits per heavy atom. The van der Waals surface area contributed by atoms with Crippen molar-refractivity contribution in [3.63, 3.8) is 0 Å². The highest BCUT2D eigenvalue weighted by atomic mass is 16.5. The van der Waals surface area contributed by atoms with Crippen LogP contribution in [0.5, 0.6) is 0 Å². The summed E-state index contributed by atoms with van der Waals surface area (Å²) < 4.78 is 5.76. The van der Waals surface area contributed by atoms with Gasteiger partial charge in [0.25, 0.3) is 0 Å². The number of pyridine rings is 1. The average Bonchev–Trinajstić information content (AvgIpc) is 2.43. The van der Waals surface area contributed by atoms with Crippen LogP contribution in [0.15, 0.2) is 23.3 Å². The summed E-state index contributed by atoms with van der Waals surface area (Å²) in [5.41, 5.74) is 6.84. The first kappa shape index (κ1) is 17.5. The van der Waals surface area contributed by atoms with Crippen molar-refractivity contribution in [2.45, 2.75) is 58.9 Å². The zero-order valence-corrected chi connectivity index (χ0v) is 14.8. The summed E-state index contributed by atoms with van der Waals surface area (Å²) in [5.74, 6) is 1.44. The van der Waals surface area contributed by atoms with E-state index in [0.29, 0.717) is 12.5 Å². The van der Waals surface area contributed by atoms with Gasteiger partial charge in [0.15, 0.2) is 5.96 Å². The van der Waals surface area contributed by atoms with Crippen LogP contribution in [-0.2, 0) is 11.3 Å². The third kappa shape index (κ3) is 5.71. The van der Waals surface area contributed by atoms with Gasteiger partial charge in [0, 0.05) is 24.8 Å². The number of guanidine groups is 1. The van der Waals surface area contributed by atoms with Crippen LogP contribution < -0.4 is 16.0 Å². The quantitative estimate of drug-likeness (QED) is 0.657. The van der Waals surface area contributed by atoms with Crippen molar-refractivity contribution < 1.29 is 4.74 Å². The van der Waals surface area contributed by atoms with E-state index in [2.05, 4.69) is 60.9 Å². The Bertz CT molecular complexity index is 525. The Morgan fingerprint density at radius 2 is 2.00 bits per heavy atom. The Kier molecular flexibility index (Phi) is 5.46. The summed E-state index contributed by atoms with van der Waals surface area (Å²) in [5, 5.41) is 3.15. The number of nitrogens with zero attached hydrogens (tertiary/aromatic N) is 3. The van der Waals surface area contributed by atoms with Crippen molar-refractivity contribution in [1.82, 2.24) is 10.3 Å². The number of hydrogen-bond donors (Lipinski definition) is 2. The zero-order valence-electron chi connectivity index (χ0n) is 14.8. The lowest BCUT2D eigenvalue weighted by Gasteiger charge is -2.36. The predicted octanol–water partition coefficient (Wildman–Crippen LogP) is 1.90. The molecule has 6 heteroatoms. The minimum Gasteiger partial charge on any atom is -0.372 e. The molecule has 0 spiro atoms. The molecule has 2 unspecified atom stereocenters. The van der Waals surface area contributed by atoms with Crippen LogP contribution in [0.4, 0.5) is 5.82 Å². The number of anilines is 1. The Balaban J connectivity index is 1.95. The normalized spacial score (nSPS) is 23.0. The first-order valence-corrected chi connectivity index (χ1v) is 8.16. The molecule has 3 N–H and O–H groups in total. The smallest absolute Gasteiger partial charge is 0.189 e. The maximum atomic E-state index is 5.88. The van der Waals surface area contributed by atoms with Crippen LogP contribution in [-0.4, -0.2) is 41.8 Å². The fourth-order valence-corrected chi connectivity index (χ4v) is 2.66. The van der Waals surface area contributed by atoms with Gasteiger partial charge in [-0.3, -0.25) is 0 Å². The lowest BCUT2D eigenvalue weighted by Crippen LogP contribution is -2.45. The van der Waals surface area contributed by atoms with Crippen molar-refractivity contribution >= 4 is 11.8 Å². The van der Waals surface area contributed by atoms with Gasteiger partial charge in [0.1, 0.15) is 5.82 Å². The summed E-state index contributed by atoms with van der Waals surface area (Å²) >= 11 is 0. The maximum Gasteiger partial charge on any atom is 0.189 e. The van der Waals surface area contributed by atoms with Crippen molar-refractivity contribution in [2.75, 3.05) is 18.0 Å². The highest BCUT2D eigenvalue weighted by Crippen LogP contribution is 2.18. The predicted molar refractivity (Wildman–Crippen MR) is 94.7 cm³/mol. The molecule has 2 rings (SSSR count). The van der Waals surface area contributed by atoms with Gasteiger partial charge < -0.3 is 20.7 Å². The molecule has 128 valence electrons. The van der Waals surface area contributed by atoms with Gasteiger partial charge in [0.05, 0.1) is 18.8 Å². The lowest BCUT2D eigenvalue weighted by atomic mass is 10.1. The molecule has 2 heterocycles. The van der Waals surface area contributed by atoms with E-state index in [-0.39, 0.29) is 17.7 Å². The molecule has 0 radical (unpaired) electrons. The molecule has 1 aromatic rings. The Labute approximate surface area is 139 Å². The number of aromatic nitrogens is 1. The third-order valence-corrected chi connectivity index (χ3v) is 3.49. The number of aliphatic imine (C=N–C) groups is 1. The molecule has 6 nitrogen and oxygen atoms in total. The van der Waals surface area contributed by atoms with Gasteiger partial charge in [0.2, 0.25) is 0 Å². The largest absolute Gasteiger partial charge is 0.372 e. The van der Waals surface area contributed by atoms with E-state index >= 15 is 0 Å². The van der Waals surface area contributed by atoms with Crippen molar-refractivity contribution in [3.05, 3.63) is 23.9 Å². The molecule has 0 amide bonds. The average molecular weight is 319 g/mol. The number of rotatable bonds is 3.